The van der Waals surface area contributed by atoms with Crippen LogP contribution in [0, 0.1) is 119 Å². The molecule has 3 aliphatic rings. The number of nitriles is 10. The van der Waals surface area contributed by atoms with Crippen molar-refractivity contribution < 1.29 is 26.3 Å². The zero-order valence-electron chi connectivity index (χ0n) is 26.4. The van der Waals surface area contributed by atoms with Crippen molar-refractivity contribution in [2.45, 2.75) is 18.8 Å². The van der Waals surface area contributed by atoms with Crippen molar-refractivity contribution in [3.8, 4) is 60.7 Å². The first-order valence-corrected chi connectivity index (χ1v) is 14.6. The summed E-state index contributed by atoms with van der Waals surface area (Å²) in [6.45, 7) is 0. The highest BCUT2D eigenvalue weighted by Gasteiger charge is 2.47. The molecule has 0 spiro atoms. The van der Waals surface area contributed by atoms with Crippen LogP contribution in [0.15, 0.2) is 58.2 Å². The highest BCUT2D eigenvalue weighted by atomic mass is 19.4. The number of nitrogens with zero attached hydrogens (tertiary/aromatic N) is 10. The van der Waals surface area contributed by atoms with E-state index < -0.39 is 130 Å². The van der Waals surface area contributed by atoms with E-state index in [4.69, 9.17) is 0 Å². The smallest absolute Gasteiger partial charge is 0.192 e. The zero-order chi connectivity index (χ0) is 39.9. The Balaban J connectivity index is 2.04. The lowest BCUT2D eigenvalue weighted by Gasteiger charge is -2.24. The Kier molecular flexibility index (Phi) is 8.98. The molecule has 0 saturated heterocycles. The van der Waals surface area contributed by atoms with E-state index in [0.29, 0.717) is 6.07 Å². The molecule has 2 aromatic carbocycles. The van der Waals surface area contributed by atoms with E-state index in [1.54, 1.807) is 48.6 Å². The summed E-state index contributed by atoms with van der Waals surface area (Å²) in [7, 11) is 0. The van der Waals surface area contributed by atoms with Crippen LogP contribution < -0.4 is 0 Å². The quantitative estimate of drug-likeness (QED) is 0.217. The molecule has 54 heavy (non-hydrogen) atoms. The maximum Gasteiger partial charge on any atom is 0.417 e. The van der Waals surface area contributed by atoms with Crippen LogP contribution in [0.5, 0.6) is 0 Å². The molecule has 252 valence electrons. The highest BCUT2D eigenvalue weighted by molar-refractivity contribution is 6.28. The van der Waals surface area contributed by atoms with Crippen molar-refractivity contribution >= 4 is 27.9 Å². The van der Waals surface area contributed by atoms with Gasteiger partial charge in [-0.1, -0.05) is 12.1 Å². The van der Waals surface area contributed by atoms with Gasteiger partial charge in [0.1, 0.15) is 59.7 Å². The second-order valence-corrected chi connectivity index (χ2v) is 11.2. The standard InChI is InChI=1S/C38H8F6N10/c39-37(40,41)27-5-17(1-3-19(27)7-45)29-23(13-51)33-25(15-53)34-24(14-52)30(18-2-4-20(8-46)28(6-18)38(42,43)44)32(22(11-49)12-50)36(34)26(16-54)35(33)31(29)21(9-47)10-48/h1-5,18H,6H2. The van der Waals surface area contributed by atoms with Crippen LogP contribution in [-0.2, 0) is 6.18 Å². The van der Waals surface area contributed by atoms with E-state index in [1.165, 1.54) is 12.1 Å². The molecule has 1 unspecified atom stereocenters. The normalized spacial score (nSPS) is 15.5. The number of hydrogen-bond acceptors (Lipinski definition) is 10. The Morgan fingerprint density at radius 1 is 0.593 bits per heavy atom. The third-order valence-electron chi connectivity index (χ3n) is 8.74. The van der Waals surface area contributed by atoms with Gasteiger partial charge in [-0.2, -0.15) is 79.0 Å². The van der Waals surface area contributed by atoms with Crippen LogP contribution in [0.3, 0.4) is 0 Å². The second-order valence-electron chi connectivity index (χ2n) is 11.2. The Bertz CT molecular complexity index is 2790. The monoisotopic (exact) mass is 718 g/mol. The minimum atomic E-state index is -5.13. The van der Waals surface area contributed by atoms with Gasteiger partial charge in [0.2, 0.25) is 0 Å². The van der Waals surface area contributed by atoms with Gasteiger partial charge in [0.25, 0.3) is 0 Å². The molecule has 2 aromatic rings. The first-order chi connectivity index (χ1) is 25.7. The summed E-state index contributed by atoms with van der Waals surface area (Å²) in [5, 5.41) is 101. The van der Waals surface area contributed by atoms with Crippen molar-refractivity contribution in [2.75, 3.05) is 0 Å². The average Bonchev–Trinajstić information content (AvgIpc) is 3.67. The molecular weight excluding hydrogens is 710 g/mol. The molecule has 0 amide bonds. The molecule has 3 aliphatic carbocycles. The lowest BCUT2D eigenvalue weighted by molar-refractivity contribution is -0.137. The van der Waals surface area contributed by atoms with Gasteiger partial charge < -0.3 is 0 Å². The Morgan fingerprint density at radius 2 is 1.13 bits per heavy atom. The largest absolute Gasteiger partial charge is 0.417 e. The van der Waals surface area contributed by atoms with Gasteiger partial charge in [0.05, 0.1) is 56.7 Å². The zero-order valence-corrected chi connectivity index (χ0v) is 26.4. The molecule has 0 aliphatic heterocycles. The maximum atomic E-state index is 14.1. The van der Waals surface area contributed by atoms with Crippen molar-refractivity contribution in [3.63, 3.8) is 0 Å². The molecule has 0 bridgehead atoms. The Labute approximate surface area is 300 Å². The van der Waals surface area contributed by atoms with Gasteiger partial charge in [-0.05, 0) is 35.8 Å². The minimum Gasteiger partial charge on any atom is -0.192 e. The van der Waals surface area contributed by atoms with E-state index in [2.05, 4.69) is 0 Å². The molecule has 16 heteroatoms. The fourth-order valence-electron chi connectivity index (χ4n) is 6.73. The Morgan fingerprint density at radius 3 is 1.61 bits per heavy atom. The van der Waals surface area contributed by atoms with Gasteiger partial charge in [0, 0.05) is 44.9 Å². The van der Waals surface area contributed by atoms with Gasteiger partial charge in [-0.3, -0.25) is 0 Å². The van der Waals surface area contributed by atoms with E-state index >= 15 is 0 Å². The first-order valence-electron chi connectivity index (χ1n) is 14.6. The number of benzene rings is 2. The number of rotatable bonds is 2. The Hall–Kier alpha value is -8.64. The number of fused-ring (bicyclic) bond motifs is 2. The summed E-state index contributed by atoms with van der Waals surface area (Å²) in [5.41, 5.74) is -13.6. The maximum absolute atomic E-state index is 14.1. The molecule has 0 saturated carbocycles. The van der Waals surface area contributed by atoms with Crippen LogP contribution in [0.1, 0.15) is 56.5 Å². The van der Waals surface area contributed by atoms with Crippen LogP contribution in [-0.4, -0.2) is 6.18 Å². The first kappa shape index (κ1) is 36.6. The van der Waals surface area contributed by atoms with Gasteiger partial charge in [-0.25, -0.2) is 0 Å². The molecule has 1 atom stereocenters. The van der Waals surface area contributed by atoms with Gasteiger partial charge >= 0.3 is 12.4 Å². The molecule has 5 rings (SSSR count). The molecule has 0 aromatic heterocycles. The minimum absolute atomic E-state index is 0.423. The van der Waals surface area contributed by atoms with Crippen molar-refractivity contribution in [1.82, 2.24) is 0 Å². The molecular formula is C38H8F6N10. The average molecular weight is 719 g/mol. The molecule has 0 N–H and O–H groups in total. The number of hydrogen-bond donors (Lipinski definition) is 0. The number of alkyl halides is 6. The van der Waals surface area contributed by atoms with Crippen molar-refractivity contribution in [2.24, 2.45) is 5.92 Å². The topological polar surface area (TPSA) is 238 Å². The molecule has 10 nitrogen and oxygen atoms in total. The lowest BCUT2D eigenvalue weighted by Crippen LogP contribution is -2.20. The molecule has 0 radical (unpaired) electrons. The summed E-state index contributed by atoms with van der Waals surface area (Å²) in [5.74, 6) is -1.51. The fourth-order valence-corrected chi connectivity index (χ4v) is 6.73. The molecule has 0 heterocycles. The van der Waals surface area contributed by atoms with Crippen LogP contribution >= 0.6 is 0 Å². The lowest BCUT2D eigenvalue weighted by atomic mass is 9.79. The molecule has 0 fully saturated rings. The SMILES string of the molecule is N#CC(C#N)=C1C(c2ccc(C#N)c(C(F)(F)F)c2)=C(C#N)c2c(C#N)c3c(c(C#N)c21)C(=C(C#N)C#N)C(C1C=CC(C#N)=C(C(F)(F)F)C1)=C3C#N. The van der Waals surface area contributed by atoms with Crippen LogP contribution in [0.25, 0.3) is 27.9 Å². The van der Waals surface area contributed by atoms with E-state index in [0.717, 1.165) is 24.3 Å². The van der Waals surface area contributed by atoms with Crippen molar-refractivity contribution in [1.29, 1.82) is 52.6 Å². The summed E-state index contributed by atoms with van der Waals surface area (Å²) in [4.78, 5) is 0. The summed E-state index contributed by atoms with van der Waals surface area (Å²) in [6.07, 6.45) is -9.28. The second kappa shape index (κ2) is 13.2. The number of halogens is 6. The van der Waals surface area contributed by atoms with E-state index in [1.807, 2.05) is 0 Å². The summed E-state index contributed by atoms with van der Waals surface area (Å²) in [6, 6.07) is 18.3. The predicted octanol–water partition coefficient (Wildman–Crippen LogP) is 7.62. The number of allylic oxidation sites excluding steroid dienone is 12. The van der Waals surface area contributed by atoms with E-state index in [9.17, 15) is 79.0 Å². The summed E-state index contributed by atoms with van der Waals surface area (Å²) < 4.78 is 84.7. The summed E-state index contributed by atoms with van der Waals surface area (Å²) >= 11 is 0. The van der Waals surface area contributed by atoms with Crippen LogP contribution in [0.4, 0.5) is 26.3 Å². The van der Waals surface area contributed by atoms with Gasteiger partial charge in [-0.15, -0.1) is 0 Å². The van der Waals surface area contributed by atoms with Crippen LogP contribution in [0.2, 0.25) is 0 Å². The highest BCUT2D eigenvalue weighted by Crippen LogP contribution is 2.58. The van der Waals surface area contributed by atoms with E-state index in [-0.39, 0.29) is 0 Å². The third-order valence-corrected chi connectivity index (χ3v) is 8.74. The predicted molar refractivity (Wildman–Crippen MR) is 169 cm³/mol. The third kappa shape index (κ3) is 5.28. The fraction of sp³-hybridized carbons (Fsp3) is 0.105. The van der Waals surface area contributed by atoms with Gasteiger partial charge in [0.15, 0.2) is 0 Å². The van der Waals surface area contributed by atoms with Crippen molar-refractivity contribution in [3.05, 3.63) is 108 Å².